The molecular formula is C21H22ClN3O2. The maximum absolute atomic E-state index is 12.7. The number of halogens is 1. The SMILES string of the molecule is O=C1NC2(CCN(C(=O)c3ccc(Cl)cc3)CC2)N[C@@H]1Cc1ccccc1. The molecule has 140 valence electrons. The highest BCUT2D eigenvalue weighted by Crippen LogP contribution is 2.26. The van der Waals surface area contributed by atoms with Crippen molar-refractivity contribution in [2.75, 3.05) is 13.1 Å². The minimum atomic E-state index is -0.409. The van der Waals surface area contributed by atoms with Crippen LogP contribution < -0.4 is 10.6 Å². The molecule has 0 aromatic heterocycles. The van der Waals surface area contributed by atoms with E-state index in [2.05, 4.69) is 10.6 Å². The number of amides is 2. The minimum Gasteiger partial charge on any atom is -0.338 e. The van der Waals surface area contributed by atoms with Crippen molar-refractivity contribution in [3.05, 3.63) is 70.7 Å². The fourth-order valence-corrected chi connectivity index (χ4v) is 4.01. The standard InChI is InChI=1S/C21H22ClN3O2/c22-17-8-6-16(7-9-17)20(27)25-12-10-21(11-13-25)23-18(19(26)24-21)14-15-4-2-1-3-5-15/h1-9,18,23H,10-14H2,(H,24,26)/t18-/m1/s1. The molecule has 2 aromatic carbocycles. The second-order valence-electron chi connectivity index (χ2n) is 7.26. The van der Waals surface area contributed by atoms with Gasteiger partial charge in [-0.15, -0.1) is 0 Å². The summed E-state index contributed by atoms with van der Waals surface area (Å²) in [6.07, 6.45) is 2.06. The zero-order chi connectivity index (χ0) is 18.9. The zero-order valence-corrected chi connectivity index (χ0v) is 15.7. The second-order valence-corrected chi connectivity index (χ2v) is 7.69. The Labute approximate surface area is 163 Å². The van der Waals surface area contributed by atoms with Crippen molar-refractivity contribution >= 4 is 23.4 Å². The Morgan fingerprint density at radius 1 is 1.07 bits per heavy atom. The van der Waals surface area contributed by atoms with Crippen LogP contribution >= 0.6 is 11.6 Å². The number of nitrogens with zero attached hydrogens (tertiary/aromatic N) is 1. The van der Waals surface area contributed by atoms with E-state index in [4.69, 9.17) is 11.6 Å². The van der Waals surface area contributed by atoms with Crippen LogP contribution in [0.3, 0.4) is 0 Å². The third kappa shape index (κ3) is 3.84. The van der Waals surface area contributed by atoms with Crippen LogP contribution in [0, 0.1) is 0 Å². The van der Waals surface area contributed by atoms with Gasteiger partial charge >= 0.3 is 0 Å². The molecule has 0 bridgehead atoms. The fraction of sp³-hybridized carbons (Fsp3) is 0.333. The summed E-state index contributed by atoms with van der Waals surface area (Å²) < 4.78 is 0. The quantitative estimate of drug-likeness (QED) is 0.856. The Hall–Kier alpha value is -2.37. The molecule has 2 fully saturated rings. The van der Waals surface area contributed by atoms with E-state index in [1.54, 1.807) is 24.3 Å². The molecule has 2 aromatic rings. The lowest BCUT2D eigenvalue weighted by molar-refractivity contribution is -0.121. The van der Waals surface area contributed by atoms with E-state index in [9.17, 15) is 9.59 Å². The number of carbonyl (C=O) groups is 2. The van der Waals surface area contributed by atoms with Crippen LogP contribution in [0.15, 0.2) is 54.6 Å². The number of benzene rings is 2. The lowest BCUT2D eigenvalue weighted by Crippen LogP contribution is -2.58. The highest BCUT2D eigenvalue weighted by molar-refractivity contribution is 6.30. The van der Waals surface area contributed by atoms with Crippen molar-refractivity contribution in [2.45, 2.75) is 31.0 Å². The van der Waals surface area contributed by atoms with Gasteiger partial charge in [-0.3, -0.25) is 14.9 Å². The average molecular weight is 384 g/mol. The van der Waals surface area contributed by atoms with E-state index >= 15 is 0 Å². The Balaban J connectivity index is 1.37. The van der Waals surface area contributed by atoms with Crippen molar-refractivity contribution in [2.24, 2.45) is 0 Å². The lowest BCUT2D eigenvalue weighted by atomic mass is 9.96. The first-order valence-corrected chi connectivity index (χ1v) is 9.61. The number of hydrogen-bond donors (Lipinski definition) is 2. The molecule has 27 heavy (non-hydrogen) atoms. The second kappa shape index (κ2) is 7.33. The normalized spacial score (nSPS) is 21.3. The van der Waals surface area contributed by atoms with Gasteiger partial charge in [-0.1, -0.05) is 41.9 Å². The summed E-state index contributed by atoms with van der Waals surface area (Å²) in [5.74, 6) is 0.0445. The van der Waals surface area contributed by atoms with Gasteiger partial charge in [0.1, 0.15) is 0 Å². The number of rotatable bonds is 3. The molecule has 6 heteroatoms. The molecule has 1 spiro atoms. The van der Waals surface area contributed by atoms with E-state index in [1.807, 2.05) is 35.2 Å². The minimum absolute atomic E-state index is 0.00618. The molecule has 2 heterocycles. The largest absolute Gasteiger partial charge is 0.338 e. The molecule has 1 atom stereocenters. The zero-order valence-electron chi connectivity index (χ0n) is 15.0. The molecular weight excluding hydrogens is 362 g/mol. The van der Waals surface area contributed by atoms with Gasteiger partial charge in [-0.05, 0) is 36.2 Å². The van der Waals surface area contributed by atoms with E-state index in [0.717, 1.165) is 5.56 Å². The summed E-state index contributed by atoms with van der Waals surface area (Å²) in [4.78, 5) is 27.0. The first-order chi connectivity index (χ1) is 13.0. The van der Waals surface area contributed by atoms with Crippen LogP contribution in [0.5, 0.6) is 0 Å². The summed E-state index contributed by atoms with van der Waals surface area (Å²) in [6, 6.07) is 16.7. The monoisotopic (exact) mass is 383 g/mol. The van der Waals surface area contributed by atoms with Gasteiger partial charge in [0.2, 0.25) is 5.91 Å². The third-order valence-electron chi connectivity index (χ3n) is 5.41. The molecule has 2 amide bonds. The Bertz CT molecular complexity index is 830. The molecule has 4 rings (SSSR count). The van der Waals surface area contributed by atoms with Crippen LogP contribution in [-0.2, 0) is 11.2 Å². The van der Waals surface area contributed by atoms with Gasteiger partial charge < -0.3 is 10.2 Å². The van der Waals surface area contributed by atoms with E-state index in [-0.39, 0.29) is 17.9 Å². The molecule has 0 radical (unpaired) electrons. The maximum atomic E-state index is 12.7. The first kappa shape index (κ1) is 18.0. The van der Waals surface area contributed by atoms with Gasteiger partial charge in [-0.2, -0.15) is 0 Å². The van der Waals surface area contributed by atoms with Crippen LogP contribution in [0.4, 0.5) is 0 Å². The first-order valence-electron chi connectivity index (χ1n) is 9.23. The number of likely N-dealkylation sites (tertiary alicyclic amines) is 1. The highest BCUT2D eigenvalue weighted by Gasteiger charge is 2.45. The number of nitrogens with one attached hydrogen (secondary N) is 2. The van der Waals surface area contributed by atoms with Crippen molar-refractivity contribution in [3.63, 3.8) is 0 Å². The van der Waals surface area contributed by atoms with Gasteiger partial charge in [0.25, 0.3) is 5.91 Å². The molecule has 2 N–H and O–H groups in total. The van der Waals surface area contributed by atoms with Crippen LogP contribution in [0.25, 0.3) is 0 Å². The van der Waals surface area contributed by atoms with Crippen molar-refractivity contribution in [3.8, 4) is 0 Å². The Morgan fingerprint density at radius 3 is 2.41 bits per heavy atom. The van der Waals surface area contributed by atoms with E-state index in [1.165, 1.54) is 0 Å². The summed E-state index contributed by atoms with van der Waals surface area (Å²) in [6.45, 7) is 1.21. The van der Waals surface area contributed by atoms with Gasteiger partial charge in [0.15, 0.2) is 0 Å². The molecule has 2 aliphatic heterocycles. The molecule has 0 aliphatic carbocycles. The summed E-state index contributed by atoms with van der Waals surface area (Å²) in [5.41, 5.74) is 1.37. The molecule has 5 nitrogen and oxygen atoms in total. The van der Waals surface area contributed by atoms with Gasteiger partial charge in [0, 0.05) is 36.5 Å². The summed E-state index contributed by atoms with van der Waals surface area (Å²) >= 11 is 5.90. The maximum Gasteiger partial charge on any atom is 0.253 e. The Morgan fingerprint density at radius 2 is 1.74 bits per heavy atom. The van der Waals surface area contributed by atoms with Gasteiger partial charge in [0.05, 0.1) is 11.7 Å². The topological polar surface area (TPSA) is 61.4 Å². The smallest absolute Gasteiger partial charge is 0.253 e. The van der Waals surface area contributed by atoms with Crippen molar-refractivity contribution in [1.82, 2.24) is 15.5 Å². The fourth-order valence-electron chi connectivity index (χ4n) is 3.89. The molecule has 2 aliphatic rings. The van der Waals surface area contributed by atoms with Crippen LogP contribution in [0.1, 0.15) is 28.8 Å². The summed E-state index contributed by atoms with van der Waals surface area (Å²) in [7, 11) is 0. The number of piperidine rings is 1. The molecule has 2 saturated heterocycles. The predicted molar refractivity (Wildman–Crippen MR) is 105 cm³/mol. The van der Waals surface area contributed by atoms with Crippen molar-refractivity contribution < 1.29 is 9.59 Å². The average Bonchev–Trinajstić information content (AvgIpc) is 2.98. The van der Waals surface area contributed by atoms with E-state index in [0.29, 0.717) is 42.9 Å². The lowest BCUT2D eigenvalue weighted by Gasteiger charge is -2.39. The predicted octanol–water partition coefficient (Wildman–Crippen LogP) is 2.60. The Kier molecular flexibility index (Phi) is 4.89. The highest BCUT2D eigenvalue weighted by atomic mass is 35.5. The molecule has 0 saturated carbocycles. The number of hydrogen-bond acceptors (Lipinski definition) is 3. The van der Waals surface area contributed by atoms with Crippen LogP contribution in [-0.4, -0.2) is 41.5 Å². The van der Waals surface area contributed by atoms with Gasteiger partial charge in [-0.25, -0.2) is 0 Å². The molecule has 0 unspecified atom stereocenters. The van der Waals surface area contributed by atoms with Crippen LogP contribution in [0.2, 0.25) is 5.02 Å². The van der Waals surface area contributed by atoms with Crippen molar-refractivity contribution in [1.29, 1.82) is 0 Å². The summed E-state index contributed by atoms with van der Waals surface area (Å²) in [5, 5.41) is 7.25. The third-order valence-corrected chi connectivity index (χ3v) is 5.66. The van der Waals surface area contributed by atoms with E-state index < -0.39 is 5.66 Å². The number of carbonyl (C=O) groups excluding carboxylic acids is 2.